The number of ether oxygens (including phenoxy) is 1. The number of aliphatic hydroxyl groups is 1. The number of imidazole rings is 1. The Morgan fingerprint density at radius 3 is 2.79 bits per heavy atom. The fourth-order valence-corrected chi connectivity index (χ4v) is 4.70. The van der Waals surface area contributed by atoms with Crippen LogP contribution in [-0.2, 0) is 22.6 Å². The third kappa shape index (κ3) is 3.85. The van der Waals surface area contributed by atoms with E-state index in [9.17, 15) is 19.1 Å². The van der Waals surface area contributed by atoms with Crippen LogP contribution in [0.3, 0.4) is 0 Å². The Bertz CT molecular complexity index is 1280. The van der Waals surface area contributed by atoms with Crippen LogP contribution in [-0.4, -0.2) is 43.9 Å². The first kappa shape index (κ1) is 21.9. The molecule has 1 amide bonds. The van der Waals surface area contributed by atoms with E-state index in [0.29, 0.717) is 24.9 Å². The molecule has 2 aromatic carbocycles. The first-order chi connectivity index (χ1) is 16.4. The summed E-state index contributed by atoms with van der Waals surface area (Å²) < 4.78 is 22.5. The second-order valence-corrected chi connectivity index (χ2v) is 8.62. The number of ketones is 1. The molecule has 8 heteroatoms. The van der Waals surface area contributed by atoms with Crippen LogP contribution >= 0.6 is 0 Å². The third-order valence-electron chi connectivity index (χ3n) is 6.28. The second-order valence-electron chi connectivity index (χ2n) is 8.62. The number of aryl methyl sites for hydroxylation is 1. The minimum absolute atomic E-state index is 0.0203. The maximum absolute atomic E-state index is 14.9. The Hall–Kier alpha value is -3.94. The van der Waals surface area contributed by atoms with Gasteiger partial charge in [0.15, 0.2) is 0 Å². The molecule has 2 aliphatic rings. The maximum Gasteiger partial charge on any atom is 0.295 e. The van der Waals surface area contributed by atoms with Crippen LogP contribution in [0, 0.1) is 5.82 Å². The number of Topliss-reactive ketones (excluding diaryl/α,β-unsaturated/α-hetero) is 1. The van der Waals surface area contributed by atoms with E-state index in [1.807, 2.05) is 11.5 Å². The van der Waals surface area contributed by atoms with Gasteiger partial charge in [0, 0.05) is 43.0 Å². The highest BCUT2D eigenvalue weighted by molar-refractivity contribution is 6.46. The van der Waals surface area contributed by atoms with Crippen molar-refractivity contribution in [2.45, 2.75) is 38.5 Å². The summed E-state index contributed by atoms with van der Waals surface area (Å²) in [4.78, 5) is 31.5. The van der Waals surface area contributed by atoms with Gasteiger partial charge in [0.2, 0.25) is 0 Å². The molecule has 3 heterocycles. The summed E-state index contributed by atoms with van der Waals surface area (Å²) in [6.45, 7) is 2.75. The number of halogens is 1. The normalized spacial score (nSPS) is 21.1. The van der Waals surface area contributed by atoms with Gasteiger partial charge in [0.05, 0.1) is 17.9 Å². The molecule has 3 aromatic rings. The van der Waals surface area contributed by atoms with Gasteiger partial charge < -0.3 is 19.3 Å². The fourth-order valence-electron chi connectivity index (χ4n) is 4.70. The molecule has 1 aromatic heterocycles. The maximum atomic E-state index is 14.9. The van der Waals surface area contributed by atoms with E-state index in [4.69, 9.17) is 4.74 Å². The number of carbonyl (C=O) groups excluding carboxylic acids is 2. The predicted molar refractivity (Wildman–Crippen MR) is 122 cm³/mol. The molecule has 2 atom stereocenters. The van der Waals surface area contributed by atoms with Crippen molar-refractivity contribution in [1.29, 1.82) is 0 Å². The van der Waals surface area contributed by atoms with Gasteiger partial charge in [-0.15, -0.1) is 0 Å². The van der Waals surface area contributed by atoms with E-state index in [-0.39, 0.29) is 29.5 Å². The summed E-state index contributed by atoms with van der Waals surface area (Å²) in [5.74, 6) is -1.70. The monoisotopic (exact) mass is 461 g/mol. The van der Waals surface area contributed by atoms with E-state index in [1.165, 1.54) is 11.0 Å². The van der Waals surface area contributed by atoms with Crippen LogP contribution in [0.15, 0.2) is 66.8 Å². The van der Waals surface area contributed by atoms with E-state index in [2.05, 4.69) is 4.98 Å². The molecular formula is C26H24FN3O4. The van der Waals surface area contributed by atoms with E-state index in [0.717, 1.165) is 11.3 Å². The van der Waals surface area contributed by atoms with Crippen LogP contribution < -0.4 is 4.74 Å². The molecule has 0 spiro atoms. The van der Waals surface area contributed by atoms with Gasteiger partial charge >= 0.3 is 0 Å². The summed E-state index contributed by atoms with van der Waals surface area (Å²) in [6, 6.07) is 10.2. The van der Waals surface area contributed by atoms with Crippen molar-refractivity contribution in [3.05, 3.63) is 89.3 Å². The lowest BCUT2D eigenvalue weighted by Crippen LogP contribution is -2.31. The minimum atomic E-state index is -1.02. The molecular weight excluding hydrogens is 437 g/mol. The summed E-state index contributed by atoms with van der Waals surface area (Å²) in [5, 5.41) is 11.2. The molecule has 174 valence electrons. The van der Waals surface area contributed by atoms with Crippen molar-refractivity contribution in [2.24, 2.45) is 0 Å². The number of amides is 1. The highest BCUT2D eigenvalue weighted by Gasteiger charge is 2.46. The van der Waals surface area contributed by atoms with Gasteiger partial charge in [0.1, 0.15) is 23.4 Å². The van der Waals surface area contributed by atoms with E-state index in [1.54, 1.807) is 55.1 Å². The number of rotatable bonds is 6. The third-order valence-corrected chi connectivity index (χ3v) is 6.28. The SMILES string of the molecule is C[C@H]1Cc2cc(C(O)=C3C(=O)C(=O)N(CCCn4ccnc4)[C@H]3c3ccccc3F)ccc2O1. The number of nitrogens with zero attached hydrogens (tertiary/aromatic N) is 3. The van der Waals surface area contributed by atoms with Crippen LogP contribution in [0.2, 0.25) is 0 Å². The second kappa shape index (κ2) is 8.78. The topological polar surface area (TPSA) is 84.7 Å². The van der Waals surface area contributed by atoms with Crippen LogP contribution in [0.4, 0.5) is 4.39 Å². The Morgan fingerprint density at radius 1 is 1.21 bits per heavy atom. The summed E-state index contributed by atoms with van der Waals surface area (Å²) >= 11 is 0. The van der Waals surface area contributed by atoms with Crippen molar-refractivity contribution >= 4 is 17.4 Å². The molecule has 0 radical (unpaired) electrons. The van der Waals surface area contributed by atoms with Gasteiger partial charge in [-0.1, -0.05) is 18.2 Å². The van der Waals surface area contributed by atoms with E-state index >= 15 is 0 Å². The van der Waals surface area contributed by atoms with Crippen molar-refractivity contribution in [1.82, 2.24) is 14.5 Å². The molecule has 34 heavy (non-hydrogen) atoms. The largest absolute Gasteiger partial charge is 0.507 e. The smallest absolute Gasteiger partial charge is 0.295 e. The molecule has 5 rings (SSSR count). The number of fused-ring (bicyclic) bond motifs is 1. The van der Waals surface area contributed by atoms with Crippen LogP contribution in [0.5, 0.6) is 5.75 Å². The Labute approximate surface area is 196 Å². The Kier molecular flexibility index (Phi) is 5.65. The van der Waals surface area contributed by atoms with Crippen molar-refractivity contribution in [3.63, 3.8) is 0 Å². The molecule has 1 N–H and O–H groups in total. The van der Waals surface area contributed by atoms with Crippen molar-refractivity contribution < 1.29 is 23.8 Å². The van der Waals surface area contributed by atoms with Crippen molar-refractivity contribution in [3.8, 4) is 5.75 Å². The average molecular weight is 461 g/mol. The molecule has 0 saturated carbocycles. The number of likely N-dealkylation sites (tertiary alicyclic amines) is 1. The van der Waals surface area contributed by atoms with Crippen molar-refractivity contribution in [2.75, 3.05) is 6.54 Å². The first-order valence-electron chi connectivity index (χ1n) is 11.2. The highest BCUT2D eigenvalue weighted by Crippen LogP contribution is 2.41. The highest BCUT2D eigenvalue weighted by atomic mass is 19.1. The van der Waals surface area contributed by atoms with Gasteiger partial charge in [0.25, 0.3) is 11.7 Å². The van der Waals surface area contributed by atoms with Gasteiger partial charge in [-0.2, -0.15) is 0 Å². The Balaban J connectivity index is 1.54. The lowest BCUT2D eigenvalue weighted by atomic mass is 9.94. The molecule has 2 aliphatic heterocycles. The zero-order valence-electron chi connectivity index (χ0n) is 18.6. The quantitative estimate of drug-likeness (QED) is 0.342. The lowest BCUT2D eigenvalue weighted by molar-refractivity contribution is -0.140. The standard InChI is InChI=1S/C26H24FN3O4/c1-16-13-18-14-17(7-8-21(18)34-16)24(31)22-23(19-5-2-3-6-20(19)27)30(26(33)25(22)32)11-4-10-29-12-9-28-15-29/h2-3,5-9,12,14-16,23,31H,4,10-11,13H2,1H3/t16-,23-/m0/s1. The first-order valence-corrected chi connectivity index (χ1v) is 11.2. The zero-order valence-corrected chi connectivity index (χ0v) is 18.6. The van der Waals surface area contributed by atoms with Gasteiger partial charge in [-0.3, -0.25) is 9.59 Å². The molecule has 7 nitrogen and oxygen atoms in total. The van der Waals surface area contributed by atoms with Gasteiger partial charge in [-0.05, 0) is 43.2 Å². The fraction of sp³-hybridized carbons (Fsp3) is 0.269. The molecule has 1 fully saturated rings. The molecule has 0 unspecified atom stereocenters. The average Bonchev–Trinajstić information content (AvgIpc) is 3.53. The molecule has 1 saturated heterocycles. The Morgan fingerprint density at radius 2 is 2.03 bits per heavy atom. The number of benzene rings is 2. The van der Waals surface area contributed by atoms with Gasteiger partial charge in [-0.25, -0.2) is 9.37 Å². The number of hydrogen-bond donors (Lipinski definition) is 1. The zero-order chi connectivity index (χ0) is 23.8. The van der Waals surface area contributed by atoms with Crippen LogP contribution in [0.25, 0.3) is 5.76 Å². The summed E-state index contributed by atoms with van der Waals surface area (Å²) in [6.07, 6.45) is 6.36. The lowest BCUT2D eigenvalue weighted by Gasteiger charge is -2.25. The molecule has 0 bridgehead atoms. The number of hydrogen-bond acceptors (Lipinski definition) is 5. The minimum Gasteiger partial charge on any atom is -0.507 e. The van der Waals surface area contributed by atoms with E-state index < -0.39 is 23.5 Å². The predicted octanol–water partition coefficient (Wildman–Crippen LogP) is 3.86. The molecule has 0 aliphatic carbocycles. The number of carbonyl (C=O) groups is 2. The number of aliphatic hydroxyl groups excluding tert-OH is 1. The summed E-state index contributed by atoms with van der Waals surface area (Å²) in [5.41, 5.74) is 1.37. The summed E-state index contributed by atoms with van der Waals surface area (Å²) in [7, 11) is 0. The van der Waals surface area contributed by atoms with Crippen LogP contribution in [0.1, 0.15) is 36.1 Å². The number of aromatic nitrogens is 2.